The highest BCUT2D eigenvalue weighted by Gasteiger charge is 2.34. The summed E-state index contributed by atoms with van der Waals surface area (Å²) in [5.74, 6) is -1.63. The second-order valence-corrected chi connectivity index (χ2v) is 5.25. The molecule has 1 saturated heterocycles. The summed E-state index contributed by atoms with van der Waals surface area (Å²) in [7, 11) is 0. The Morgan fingerprint density at radius 2 is 1.78 bits per heavy atom. The Kier molecular flexibility index (Phi) is 4.57. The minimum absolute atomic E-state index is 0.101. The van der Waals surface area contributed by atoms with Crippen LogP contribution < -0.4 is 0 Å². The second-order valence-electron chi connectivity index (χ2n) is 4.94. The number of halogens is 3. The van der Waals surface area contributed by atoms with E-state index in [1.807, 2.05) is 4.90 Å². The van der Waals surface area contributed by atoms with Crippen LogP contribution in [0.4, 0.5) is 8.78 Å². The van der Waals surface area contributed by atoms with E-state index in [9.17, 15) is 8.78 Å². The van der Waals surface area contributed by atoms with E-state index >= 15 is 0 Å². The molecule has 1 aliphatic heterocycles. The maximum absolute atomic E-state index is 14.1. The Morgan fingerprint density at radius 1 is 1.17 bits per heavy atom. The lowest BCUT2D eigenvalue weighted by molar-refractivity contribution is -0.0439. The Balaban J connectivity index is 1.93. The molecule has 0 unspecified atom stereocenters. The zero-order valence-electron chi connectivity index (χ0n) is 10.3. The van der Waals surface area contributed by atoms with E-state index in [4.69, 9.17) is 11.6 Å². The molecule has 18 heavy (non-hydrogen) atoms. The first-order valence-electron chi connectivity index (χ1n) is 6.33. The summed E-state index contributed by atoms with van der Waals surface area (Å²) in [4.78, 5) is 1.84. The van der Waals surface area contributed by atoms with Crippen LogP contribution in [0.25, 0.3) is 0 Å². The van der Waals surface area contributed by atoms with Crippen LogP contribution in [-0.2, 0) is 5.92 Å². The molecule has 1 fully saturated rings. The van der Waals surface area contributed by atoms with Gasteiger partial charge in [0, 0.05) is 11.4 Å². The van der Waals surface area contributed by atoms with Crippen LogP contribution >= 0.6 is 11.6 Å². The molecule has 1 aromatic rings. The molecule has 4 heteroatoms. The van der Waals surface area contributed by atoms with Gasteiger partial charge in [0.1, 0.15) is 0 Å². The number of piperidine rings is 1. The number of benzene rings is 1. The molecule has 0 spiro atoms. The van der Waals surface area contributed by atoms with E-state index in [0.29, 0.717) is 11.8 Å². The molecule has 0 saturated carbocycles. The molecule has 0 atom stereocenters. The lowest BCUT2D eigenvalue weighted by Gasteiger charge is -2.33. The Morgan fingerprint density at radius 3 is 2.33 bits per heavy atom. The van der Waals surface area contributed by atoms with Crippen LogP contribution in [0.15, 0.2) is 30.3 Å². The van der Waals surface area contributed by atoms with Gasteiger partial charge in [-0.2, -0.15) is 8.78 Å². The summed E-state index contributed by atoms with van der Waals surface area (Å²) < 4.78 is 28.1. The molecular weight excluding hydrogens is 256 g/mol. The van der Waals surface area contributed by atoms with E-state index in [1.165, 1.54) is 12.1 Å². The summed E-state index contributed by atoms with van der Waals surface area (Å²) in [6, 6.07) is 8.05. The van der Waals surface area contributed by atoms with Crippen molar-refractivity contribution in [1.29, 1.82) is 0 Å². The van der Waals surface area contributed by atoms with Gasteiger partial charge < -0.3 is 0 Å². The Hall–Kier alpha value is -0.670. The van der Waals surface area contributed by atoms with Crippen LogP contribution in [0.2, 0.25) is 0 Å². The first kappa shape index (κ1) is 13.8. The number of rotatable bonds is 4. The highest BCUT2D eigenvalue weighted by atomic mass is 35.5. The van der Waals surface area contributed by atoms with Crippen molar-refractivity contribution >= 4 is 11.6 Å². The van der Waals surface area contributed by atoms with Crippen molar-refractivity contribution in [3.05, 3.63) is 35.9 Å². The van der Waals surface area contributed by atoms with E-state index in [-0.39, 0.29) is 12.1 Å². The Bertz CT molecular complexity index is 361. The average molecular weight is 274 g/mol. The van der Waals surface area contributed by atoms with Crippen molar-refractivity contribution < 1.29 is 8.78 Å². The molecule has 0 N–H and O–H groups in total. The fourth-order valence-corrected chi connectivity index (χ4v) is 2.66. The third kappa shape index (κ3) is 3.42. The normalized spacial score (nSPS) is 19.1. The molecule has 0 aromatic heterocycles. The van der Waals surface area contributed by atoms with Gasteiger partial charge in [-0.1, -0.05) is 30.3 Å². The molecule has 0 aliphatic carbocycles. The minimum Gasteiger partial charge on any atom is -0.297 e. The summed E-state index contributed by atoms with van der Waals surface area (Å²) in [5, 5.41) is 0. The summed E-state index contributed by atoms with van der Waals surface area (Å²) in [6.07, 6.45) is 1.85. The van der Waals surface area contributed by atoms with Crippen LogP contribution in [0.1, 0.15) is 18.4 Å². The first-order valence-corrected chi connectivity index (χ1v) is 6.87. The molecule has 0 amide bonds. The van der Waals surface area contributed by atoms with Crippen LogP contribution in [0.3, 0.4) is 0 Å². The highest BCUT2D eigenvalue weighted by molar-refractivity contribution is 6.18. The SMILES string of the molecule is FC(F)(CN1CCC(CCl)CC1)c1ccccc1. The van der Waals surface area contributed by atoms with Crippen molar-refractivity contribution in [2.45, 2.75) is 18.8 Å². The quantitative estimate of drug-likeness (QED) is 0.756. The molecule has 0 bridgehead atoms. The zero-order chi connectivity index (χ0) is 13.0. The third-order valence-corrected chi connectivity index (χ3v) is 3.98. The van der Waals surface area contributed by atoms with E-state index in [1.54, 1.807) is 18.2 Å². The minimum atomic E-state index is -2.77. The number of nitrogens with zero attached hydrogens (tertiary/aromatic N) is 1. The van der Waals surface area contributed by atoms with Gasteiger partial charge in [0.15, 0.2) is 0 Å². The Labute approximate surface area is 112 Å². The van der Waals surface area contributed by atoms with Crippen molar-refractivity contribution in [3.8, 4) is 0 Å². The number of hydrogen-bond donors (Lipinski definition) is 0. The van der Waals surface area contributed by atoms with Gasteiger partial charge >= 0.3 is 0 Å². The molecule has 0 radical (unpaired) electrons. The largest absolute Gasteiger partial charge is 0.297 e. The number of alkyl halides is 3. The van der Waals surface area contributed by atoms with Crippen molar-refractivity contribution in [2.24, 2.45) is 5.92 Å². The van der Waals surface area contributed by atoms with Crippen LogP contribution in [0.5, 0.6) is 0 Å². The van der Waals surface area contributed by atoms with Gasteiger partial charge in [0.05, 0.1) is 6.54 Å². The lowest BCUT2D eigenvalue weighted by Crippen LogP contribution is -2.40. The van der Waals surface area contributed by atoms with Gasteiger partial charge in [-0.3, -0.25) is 4.90 Å². The molecule has 2 rings (SSSR count). The lowest BCUT2D eigenvalue weighted by atomic mass is 9.98. The molecule has 1 nitrogen and oxygen atoms in total. The van der Waals surface area contributed by atoms with Gasteiger partial charge in [0.25, 0.3) is 5.92 Å². The summed E-state index contributed by atoms with van der Waals surface area (Å²) in [6.45, 7) is 1.26. The molecular formula is C14H18ClF2N. The smallest absolute Gasteiger partial charge is 0.285 e. The maximum Gasteiger partial charge on any atom is 0.285 e. The summed E-state index contributed by atoms with van der Waals surface area (Å²) >= 11 is 5.79. The number of hydrogen-bond acceptors (Lipinski definition) is 1. The molecule has 1 aromatic carbocycles. The van der Waals surface area contributed by atoms with E-state index in [0.717, 1.165) is 25.9 Å². The van der Waals surface area contributed by atoms with Crippen LogP contribution in [0, 0.1) is 5.92 Å². The van der Waals surface area contributed by atoms with Crippen molar-refractivity contribution in [2.75, 3.05) is 25.5 Å². The fraction of sp³-hybridized carbons (Fsp3) is 0.571. The van der Waals surface area contributed by atoms with Gasteiger partial charge in [-0.25, -0.2) is 0 Å². The maximum atomic E-state index is 14.1. The zero-order valence-corrected chi connectivity index (χ0v) is 11.0. The first-order chi connectivity index (χ1) is 8.62. The standard InChI is InChI=1S/C14H18ClF2N/c15-10-12-6-8-18(9-7-12)11-14(16,17)13-4-2-1-3-5-13/h1-5,12H,6-11H2. The fourth-order valence-electron chi connectivity index (χ4n) is 2.35. The predicted octanol–water partition coefficient (Wildman–Crippen LogP) is 3.73. The molecule has 1 heterocycles. The van der Waals surface area contributed by atoms with Gasteiger partial charge in [0.2, 0.25) is 0 Å². The van der Waals surface area contributed by atoms with E-state index in [2.05, 4.69) is 0 Å². The monoisotopic (exact) mass is 273 g/mol. The number of likely N-dealkylation sites (tertiary alicyclic amines) is 1. The third-order valence-electron chi connectivity index (χ3n) is 3.54. The highest BCUT2D eigenvalue weighted by Crippen LogP contribution is 2.30. The topological polar surface area (TPSA) is 3.24 Å². The second kappa shape index (κ2) is 5.98. The predicted molar refractivity (Wildman–Crippen MR) is 70.2 cm³/mol. The molecule has 1 aliphatic rings. The van der Waals surface area contributed by atoms with Crippen molar-refractivity contribution in [1.82, 2.24) is 4.90 Å². The summed E-state index contributed by atoms with van der Waals surface area (Å²) in [5.41, 5.74) is 0.101. The van der Waals surface area contributed by atoms with E-state index < -0.39 is 5.92 Å². The van der Waals surface area contributed by atoms with Crippen molar-refractivity contribution in [3.63, 3.8) is 0 Å². The van der Waals surface area contributed by atoms with Gasteiger partial charge in [-0.05, 0) is 31.8 Å². The molecule has 100 valence electrons. The van der Waals surface area contributed by atoms with Crippen LogP contribution in [-0.4, -0.2) is 30.4 Å². The van der Waals surface area contributed by atoms with Gasteiger partial charge in [-0.15, -0.1) is 11.6 Å². The average Bonchev–Trinajstić information content (AvgIpc) is 2.40.